The van der Waals surface area contributed by atoms with Gasteiger partial charge in [0, 0.05) is 13.1 Å². The molecule has 78 valence electrons. The molecule has 1 nitrogen and oxygen atoms in total. The Balaban J connectivity index is 0.000000980. The first-order chi connectivity index (χ1) is 6.40. The molecule has 2 rings (SSSR count). The largest absolute Gasteiger partial charge is 0.295 e. The number of nitrogens with zero attached hydrogens (tertiary/aromatic N) is 1. The summed E-state index contributed by atoms with van der Waals surface area (Å²) in [5, 5.41) is 0. The predicted octanol–water partition coefficient (Wildman–Crippen LogP) is 3.38. The first-order valence-electron chi connectivity index (χ1n) is 5.19. The third-order valence-corrected chi connectivity index (χ3v) is 2.73. The Bertz CT molecular complexity index is 260. The quantitative estimate of drug-likeness (QED) is 0.801. The Hall–Kier alpha value is -0.340. The zero-order valence-corrected chi connectivity index (χ0v) is 10.4. The van der Waals surface area contributed by atoms with Crippen LogP contribution in [-0.4, -0.2) is 11.4 Å². The Morgan fingerprint density at radius 3 is 2.21 bits per heavy atom. The number of hydrogen-bond acceptors (Lipinski definition) is 1. The summed E-state index contributed by atoms with van der Waals surface area (Å²) in [6.45, 7) is 5.83. The summed E-state index contributed by atoms with van der Waals surface area (Å²) in [5.74, 6) is 0. The highest BCUT2D eigenvalue weighted by molar-refractivity contribution is 8.93. The van der Waals surface area contributed by atoms with Gasteiger partial charge in [0.25, 0.3) is 0 Å². The van der Waals surface area contributed by atoms with Crippen molar-refractivity contribution in [2.45, 2.75) is 32.9 Å². The maximum absolute atomic E-state index is 2.54. The summed E-state index contributed by atoms with van der Waals surface area (Å²) < 4.78 is 0. The molecule has 0 atom stereocenters. The first-order valence-corrected chi connectivity index (χ1v) is 5.19. The molecular formula is C12H18BrN. The van der Waals surface area contributed by atoms with E-state index >= 15 is 0 Å². The molecule has 0 bridgehead atoms. The SMILES string of the molecule is Br.CCCCN1Cc2ccccc2C1. The lowest BCUT2D eigenvalue weighted by Gasteiger charge is -2.13. The van der Waals surface area contributed by atoms with Crippen molar-refractivity contribution in [1.82, 2.24) is 4.90 Å². The van der Waals surface area contributed by atoms with Crippen molar-refractivity contribution in [3.05, 3.63) is 35.4 Å². The zero-order valence-electron chi connectivity index (χ0n) is 8.70. The summed E-state index contributed by atoms with van der Waals surface area (Å²) in [4.78, 5) is 2.54. The van der Waals surface area contributed by atoms with Gasteiger partial charge in [-0.3, -0.25) is 4.90 Å². The summed E-state index contributed by atoms with van der Waals surface area (Å²) in [7, 11) is 0. The van der Waals surface area contributed by atoms with Gasteiger partial charge in [0.1, 0.15) is 0 Å². The lowest BCUT2D eigenvalue weighted by atomic mass is 10.1. The number of benzene rings is 1. The number of halogens is 1. The van der Waals surface area contributed by atoms with E-state index in [0.717, 1.165) is 13.1 Å². The van der Waals surface area contributed by atoms with Crippen molar-refractivity contribution < 1.29 is 0 Å². The molecule has 0 fully saturated rings. The normalized spacial score (nSPS) is 14.9. The van der Waals surface area contributed by atoms with E-state index in [4.69, 9.17) is 0 Å². The van der Waals surface area contributed by atoms with Gasteiger partial charge < -0.3 is 0 Å². The van der Waals surface area contributed by atoms with Gasteiger partial charge in [0.05, 0.1) is 0 Å². The zero-order chi connectivity index (χ0) is 9.10. The van der Waals surface area contributed by atoms with E-state index in [9.17, 15) is 0 Å². The van der Waals surface area contributed by atoms with Gasteiger partial charge in [-0.05, 0) is 24.1 Å². The molecule has 0 amide bonds. The second-order valence-corrected chi connectivity index (χ2v) is 3.83. The number of unbranched alkanes of at least 4 members (excludes halogenated alkanes) is 1. The highest BCUT2D eigenvalue weighted by Crippen LogP contribution is 2.21. The van der Waals surface area contributed by atoms with Crippen LogP contribution in [-0.2, 0) is 13.1 Å². The Labute approximate surface area is 96.9 Å². The standard InChI is InChI=1S/C12H17N.BrH/c1-2-3-8-13-9-11-6-4-5-7-12(11)10-13;/h4-7H,2-3,8-10H2,1H3;1H. The van der Waals surface area contributed by atoms with Crippen molar-refractivity contribution in [1.29, 1.82) is 0 Å². The molecule has 1 aromatic carbocycles. The highest BCUT2D eigenvalue weighted by Gasteiger charge is 2.16. The summed E-state index contributed by atoms with van der Waals surface area (Å²) >= 11 is 0. The molecule has 0 aliphatic carbocycles. The lowest BCUT2D eigenvalue weighted by Crippen LogP contribution is -2.17. The monoisotopic (exact) mass is 255 g/mol. The van der Waals surface area contributed by atoms with E-state index in [1.165, 1.54) is 30.5 Å². The fourth-order valence-corrected chi connectivity index (χ4v) is 1.94. The number of rotatable bonds is 3. The van der Waals surface area contributed by atoms with Crippen LogP contribution < -0.4 is 0 Å². The average Bonchev–Trinajstić information content (AvgIpc) is 2.57. The van der Waals surface area contributed by atoms with Crippen LogP contribution in [0.5, 0.6) is 0 Å². The molecule has 1 aliphatic rings. The van der Waals surface area contributed by atoms with Crippen molar-refractivity contribution >= 4 is 17.0 Å². The predicted molar refractivity (Wildman–Crippen MR) is 65.8 cm³/mol. The maximum Gasteiger partial charge on any atom is 0.0240 e. The van der Waals surface area contributed by atoms with Crippen molar-refractivity contribution in [2.24, 2.45) is 0 Å². The molecule has 2 heteroatoms. The van der Waals surface area contributed by atoms with Crippen molar-refractivity contribution in [2.75, 3.05) is 6.54 Å². The number of fused-ring (bicyclic) bond motifs is 1. The fraction of sp³-hybridized carbons (Fsp3) is 0.500. The van der Waals surface area contributed by atoms with Gasteiger partial charge in [-0.25, -0.2) is 0 Å². The van der Waals surface area contributed by atoms with Crippen LogP contribution in [0.15, 0.2) is 24.3 Å². The van der Waals surface area contributed by atoms with E-state index in [0.29, 0.717) is 0 Å². The van der Waals surface area contributed by atoms with Crippen LogP contribution in [0, 0.1) is 0 Å². The molecule has 0 aromatic heterocycles. The Morgan fingerprint density at radius 1 is 1.14 bits per heavy atom. The first kappa shape index (κ1) is 11.7. The molecule has 1 heterocycles. The van der Waals surface area contributed by atoms with Gasteiger partial charge in [0.2, 0.25) is 0 Å². The van der Waals surface area contributed by atoms with E-state index < -0.39 is 0 Å². The molecule has 0 saturated carbocycles. The van der Waals surface area contributed by atoms with Gasteiger partial charge in [-0.2, -0.15) is 0 Å². The molecule has 0 N–H and O–H groups in total. The minimum Gasteiger partial charge on any atom is -0.295 e. The minimum atomic E-state index is 0. The van der Waals surface area contributed by atoms with E-state index in [-0.39, 0.29) is 17.0 Å². The van der Waals surface area contributed by atoms with Gasteiger partial charge in [-0.15, -0.1) is 17.0 Å². The molecule has 0 saturated heterocycles. The maximum atomic E-state index is 2.54. The average molecular weight is 256 g/mol. The molecule has 14 heavy (non-hydrogen) atoms. The van der Waals surface area contributed by atoms with Crippen LogP contribution >= 0.6 is 17.0 Å². The van der Waals surface area contributed by atoms with Crippen LogP contribution in [0.2, 0.25) is 0 Å². The third-order valence-electron chi connectivity index (χ3n) is 2.73. The second kappa shape index (κ2) is 5.52. The summed E-state index contributed by atoms with van der Waals surface area (Å²) in [6, 6.07) is 8.78. The van der Waals surface area contributed by atoms with Gasteiger partial charge in [0.15, 0.2) is 0 Å². The number of hydrogen-bond donors (Lipinski definition) is 0. The third kappa shape index (κ3) is 2.58. The fourth-order valence-electron chi connectivity index (χ4n) is 1.94. The second-order valence-electron chi connectivity index (χ2n) is 3.83. The topological polar surface area (TPSA) is 3.24 Å². The molecular weight excluding hydrogens is 238 g/mol. The molecule has 0 radical (unpaired) electrons. The molecule has 1 aromatic rings. The van der Waals surface area contributed by atoms with Crippen LogP contribution in [0.25, 0.3) is 0 Å². The van der Waals surface area contributed by atoms with Crippen LogP contribution in [0.1, 0.15) is 30.9 Å². The van der Waals surface area contributed by atoms with Crippen molar-refractivity contribution in [3.8, 4) is 0 Å². The molecule has 0 unspecified atom stereocenters. The van der Waals surface area contributed by atoms with Crippen LogP contribution in [0.3, 0.4) is 0 Å². The van der Waals surface area contributed by atoms with E-state index in [1.54, 1.807) is 0 Å². The molecule has 0 spiro atoms. The van der Waals surface area contributed by atoms with Crippen LogP contribution in [0.4, 0.5) is 0 Å². The summed E-state index contributed by atoms with van der Waals surface area (Å²) in [5.41, 5.74) is 3.05. The molecule has 1 aliphatic heterocycles. The van der Waals surface area contributed by atoms with E-state index in [2.05, 4.69) is 36.1 Å². The highest BCUT2D eigenvalue weighted by atomic mass is 79.9. The minimum absolute atomic E-state index is 0. The van der Waals surface area contributed by atoms with E-state index in [1.807, 2.05) is 0 Å². The van der Waals surface area contributed by atoms with Gasteiger partial charge in [-0.1, -0.05) is 37.6 Å². The summed E-state index contributed by atoms with van der Waals surface area (Å²) in [6.07, 6.45) is 2.63. The van der Waals surface area contributed by atoms with Gasteiger partial charge >= 0.3 is 0 Å². The van der Waals surface area contributed by atoms with Crippen molar-refractivity contribution in [3.63, 3.8) is 0 Å². The Kier molecular flexibility index (Phi) is 4.63. The lowest BCUT2D eigenvalue weighted by molar-refractivity contribution is 0.279. The Morgan fingerprint density at radius 2 is 1.71 bits per heavy atom. The smallest absolute Gasteiger partial charge is 0.0240 e.